The lowest BCUT2D eigenvalue weighted by molar-refractivity contribution is 0.0528. The number of carbonyl (C=O) groups excluding carboxylic acids is 1. The Morgan fingerprint density at radius 2 is 2.00 bits per heavy atom. The van der Waals surface area contributed by atoms with Crippen LogP contribution in [-0.4, -0.2) is 28.3 Å². The normalized spacial score (nSPS) is 11.4. The van der Waals surface area contributed by atoms with Gasteiger partial charge in [-0.05, 0) is 50.5 Å². The molecule has 0 spiro atoms. The summed E-state index contributed by atoms with van der Waals surface area (Å²) in [5.41, 5.74) is 1.71. The number of rotatable bonds is 6. The molecule has 0 saturated carbocycles. The first-order chi connectivity index (χ1) is 13.7. The number of benzene rings is 1. The van der Waals surface area contributed by atoms with Gasteiger partial charge in [0.15, 0.2) is 0 Å². The Bertz CT molecular complexity index is 1040. The van der Waals surface area contributed by atoms with Crippen molar-refractivity contribution in [3.8, 4) is 16.3 Å². The van der Waals surface area contributed by atoms with Crippen molar-refractivity contribution in [1.29, 1.82) is 0 Å². The van der Waals surface area contributed by atoms with Crippen molar-refractivity contribution in [1.82, 2.24) is 10.3 Å². The van der Waals surface area contributed by atoms with Crippen LogP contribution in [0.5, 0.6) is 5.88 Å². The third-order valence-corrected chi connectivity index (χ3v) is 6.00. The number of ether oxygens (including phenoxy) is 1. The van der Waals surface area contributed by atoms with Crippen molar-refractivity contribution in [3.05, 3.63) is 61.4 Å². The molecule has 29 heavy (non-hydrogen) atoms. The molecule has 0 saturated heterocycles. The fraction of sp³-hybridized carbons (Fsp3) is 0.333. The van der Waals surface area contributed by atoms with Crippen LogP contribution in [0.4, 0.5) is 4.79 Å². The fourth-order valence-corrected chi connectivity index (χ4v) is 4.62. The van der Waals surface area contributed by atoms with E-state index in [0.29, 0.717) is 24.3 Å². The molecule has 154 valence electrons. The highest BCUT2D eigenvalue weighted by Crippen LogP contribution is 2.31. The van der Waals surface area contributed by atoms with Gasteiger partial charge in [0.1, 0.15) is 5.60 Å². The van der Waals surface area contributed by atoms with Crippen LogP contribution >= 0.6 is 22.7 Å². The molecular weight excluding hydrogens is 408 g/mol. The maximum Gasteiger partial charge on any atom is 0.407 e. The van der Waals surface area contributed by atoms with Crippen LogP contribution in [0.2, 0.25) is 0 Å². The maximum atomic E-state index is 11.7. The third kappa shape index (κ3) is 6.20. The number of thiophene rings is 1. The van der Waals surface area contributed by atoms with E-state index < -0.39 is 11.7 Å². The minimum absolute atomic E-state index is 0.0468. The first-order valence-corrected chi connectivity index (χ1v) is 10.9. The number of thiazole rings is 1. The van der Waals surface area contributed by atoms with E-state index in [1.165, 1.54) is 0 Å². The summed E-state index contributed by atoms with van der Waals surface area (Å²) in [4.78, 5) is 28.1. The highest BCUT2D eigenvalue weighted by Gasteiger charge is 2.15. The molecule has 0 aliphatic heterocycles. The van der Waals surface area contributed by atoms with Crippen LogP contribution in [0, 0.1) is 0 Å². The maximum absolute atomic E-state index is 11.7. The topological polar surface area (TPSA) is 91.4 Å². The molecule has 0 unspecified atom stereocenters. The zero-order valence-corrected chi connectivity index (χ0v) is 18.2. The van der Waals surface area contributed by atoms with Crippen molar-refractivity contribution < 1.29 is 14.6 Å². The van der Waals surface area contributed by atoms with Crippen LogP contribution in [0.25, 0.3) is 10.4 Å². The first-order valence-electron chi connectivity index (χ1n) is 9.25. The van der Waals surface area contributed by atoms with Gasteiger partial charge >= 0.3 is 11.0 Å². The molecule has 3 rings (SSSR count). The van der Waals surface area contributed by atoms with Gasteiger partial charge in [-0.1, -0.05) is 35.6 Å². The number of amides is 1. The highest BCUT2D eigenvalue weighted by molar-refractivity contribution is 7.15. The number of alkyl carbamates (subject to hydrolysis) is 1. The van der Waals surface area contributed by atoms with Gasteiger partial charge in [-0.25, -0.2) is 4.79 Å². The summed E-state index contributed by atoms with van der Waals surface area (Å²) in [6, 6.07) is 12.3. The number of hydrogen-bond acceptors (Lipinski definition) is 6. The summed E-state index contributed by atoms with van der Waals surface area (Å²) in [5, 5.41) is 12.5. The minimum atomic E-state index is -0.506. The van der Waals surface area contributed by atoms with Gasteiger partial charge in [0, 0.05) is 22.7 Å². The molecule has 0 fully saturated rings. The number of carbonyl (C=O) groups is 1. The van der Waals surface area contributed by atoms with Gasteiger partial charge in [-0.2, -0.15) is 0 Å². The van der Waals surface area contributed by atoms with E-state index in [1.807, 2.05) is 51.1 Å². The average Bonchev–Trinajstić information content (AvgIpc) is 3.20. The largest absolute Gasteiger partial charge is 0.494 e. The van der Waals surface area contributed by atoms with E-state index >= 15 is 0 Å². The Labute approximate surface area is 177 Å². The Kier molecular flexibility index (Phi) is 6.44. The summed E-state index contributed by atoms with van der Waals surface area (Å²) in [6.45, 7) is 6.01. The molecule has 1 aromatic carbocycles. The zero-order chi connectivity index (χ0) is 21.0. The predicted octanol–water partition coefficient (Wildman–Crippen LogP) is 4.53. The number of aromatic amines is 1. The predicted molar refractivity (Wildman–Crippen MR) is 117 cm³/mol. The van der Waals surface area contributed by atoms with E-state index in [0.717, 1.165) is 32.2 Å². The molecule has 3 aromatic rings. The lowest BCUT2D eigenvalue weighted by Crippen LogP contribution is -2.33. The summed E-state index contributed by atoms with van der Waals surface area (Å²) < 4.78 is 5.24. The number of aromatic nitrogens is 1. The SMILES string of the molecule is CC(C)(C)OC(=O)NCCc1cccc(-c2ccc(Cc3sc(=O)[nH]c3O)s2)c1. The third-order valence-electron chi connectivity index (χ3n) is 3.99. The highest BCUT2D eigenvalue weighted by atomic mass is 32.1. The van der Waals surface area contributed by atoms with Gasteiger partial charge in [0.05, 0.1) is 4.88 Å². The molecule has 3 N–H and O–H groups in total. The van der Waals surface area contributed by atoms with Crippen molar-refractivity contribution in [3.63, 3.8) is 0 Å². The lowest BCUT2D eigenvalue weighted by Gasteiger charge is -2.19. The van der Waals surface area contributed by atoms with Crippen molar-refractivity contribution in [2.24, 2.45) is 0 Å². The molecule has 8 heteroatoms. The van der Waals surface area contributed by atoms with Crippen molar-refractivity contribution in [2.75, 3.05) is 6.54 Å². The second-order valence-corrected chi connectivity index (χ2v) is 9.84. The smallest absolute Gasteiger partial charge is 0.407 e. The van der Waals surface area contributed by atoms with Crippen LogP contribution in [0.3, 0.4) is 0 Å². The number of H-pyrrole nitrogens is 1. The van der Waals surface area contributed by atoms with Crippen molar-refractivity contribution >= 4 is 28.8 Å². The summed E-state index contributed by atoms with van der Waals surface area (Å²) in [6.07, 6.45) is 0.822. The van der Waals surface area contributed by atoms with Gasteiger partial charge in [-0.3, -0.25) is 9.78 Å². The van der Waals surface area contributed by atoms with Gasteiger partial charge < -0.3 is 15.2 Å². The second-order valence-electron chi connectivity index (χ2n) is 7.61. The van der Waals surface area contributed by atoms with Gasteiger partial charge in [0.2, 0.25) is 5.88 Å². The van der Waals surface area contributed by atoms with Crippen LogP contribution < -0.4 is 10.2 Å². The van der Waals surface area contributed by atoms with Crippen LogP contribution in [0.1, 0.15) is 36.1 Å². The van der Waals surface area contributed by atoms with E-state index in [4.69, 9.17) is 4.74 Å². The minimum Gasteiger partial charge on any atom is -0.494 e. The molecule has 1 amide bonds. The molecule has 6 nitrogen and oxygen atoms in total. The summed E-state index contributed by atoms with van der Waals surface area (Å²) in [5.74, 6) is -0.0468. The molecular formula is C21H24N2O4S2. The van der Waals surface area contributed by atoms with Crippen LogP contribution in [0.15, 0.2) is 41.2 Å². The lowest BCUT2D eigenvalue weighted by atomic mass is 10.1. The van der Waals surface area contributed by atoms with E-state index in [1.54, 1.807) is 11.3 Å². The molecule has 0 bridgehead atoms. The molecule has 2 heterocycles. The van der Waals surface area contributed by atoms with Gasteiger partial charge in [0.25, 0.3) is 0 Å². The Balaban J connectivity index is 1.61. The summed E-state index contributed by atoms with van der Waals surface area (Å²) >= 11 is 2.66. The monoisotopic (exact) mass is 432 g/mol. The fourth-order valence-electron chi connectivity index (χ4n) is 2.76. The van der Waals surface area contributed by atoms with Crippen molar-refractivity contribution in [2.45, 2.75) is 39.2 Å². The Morgan fingerprint density at radius 3 is 2.69 bits per heavy atom. The zero-order valence-electron chi connectivity index (χ0n) is 16.6. The van der Waals surface area contributed by atoms with Crippen LogP contribution in [-0.2, 0) is 17.6 Å². The number of aromatic hydroxyl groups is 1. The van der Waals surface area contributed by atoms with E-state index in [2.05, 4.69) is 16.4 Å². The standard InChI is InChI=1S/C21H24N2O4S2/c1-21(2,3)27-19(25)22-10-9-13-5-4-6-14(11-13)16-8-7-15(28-16)12-17-18(24)23-20(26)29-17/h4-8,11,24H,9-10,12H2,1-3H3,(H,22,25)(H,23,26). The molecule has 0 radical (unpaired) electrons. The average molecular weight is 433 g/mol. The van der Waals surface area contributed by atoms with Gasteiger partial charge in [-0.15, -0.1) is 11.3 Å². The van der Waals surface area contributed by atoms with E-state index in [9.17, 15) is 14.7 Å². The molecule has 2 aromatic heterocycles. The molecule has 0 atom stereocenters. The number of nitrogens with one attached hydrogen (secondary N) is 2. The molecule has 0 aliphatic rings. The Hall–Kier alpha value is -2.58. The summed E-state index contributed by atoms with van der Waals surface area (Å²) in [7, 11) is 0. The Morgan fingerprint density at radius 1 is 1.21 bits per heavy atom. The molecule has 0 aliphatic carbocycles. The van der Waals surface area contributed by atoms with E-state index in [-0.39, 0.29) is 10.8 Å². The first kappa shape index (κ1) is 21.1. The second kappa shape index (κ2) is 8.84. The quantitative estimate of drug-likeness (QED) is 0.534. The number of hydrogen-bond donors (Lipinski definition) is 3.